The predicted octanol–water partition coefficient (Wildman–Crippen LogP) is 3.10. The Hall–Kier alpha value is -2.89. The first kappa shape index (κ1) is 20.0. The van der Waals surface area contributed by atoms with Crippen LogP contribution in [0.5, 0.6) is 11.5 Å². The summed E-state index contributed by atoms with van der Waals surface area (Å²) in [5.74, 6) is 2.55. The highest BCUT2D eigenvalue weighted by atomic mass is 16.5. The van der Waals surface area contributed by atoms with Crippen LogP contribution in [0.1, 0.15) is 18.4 Å². The number of carbonyl (C=O) groups is 1. The summed E-state index contributed by atoms with van der Waals surface area (Å²) in [6.45, 7) is 3.43. The molecule has 6 nitrogen and oxygen atoms in total. The second kappa shape index (κ2) is 8.33. The van der Waals surface area contributed by atoms with Gasteiger partial charge in [-0.05, 0) is 61.1 Å². The molecule has 164 valence electrons. The Kier molecular flexibility index (Phi) is 5.38. The van der Waals surface area contributed by atoms with E-state index < -0.39 is 0 Å². The van der Waals surface area contributed by atoms with E-state index in [1.165, 1.54) is 29.8 Å². The van der Waals surface area contributed by atoms with E-state index in [9.17, 15) is 4.79 Å². The average molecular weight is 422 g/mol. The lowest BCUT2D eigenvalue weighted by atomic mass is 9.83. The van der Waals surface area contributed by atoms with Gasteiger partial charge in [-0.1, -0.05) is 6.07 Å². The number of ether oxygens (including phenoxy) is 2. The molecule has 0 spiro atoms. The van der Waals surface area contributed by atoms with E-state index in [1.807, 2.05) is 18.2 Å². The second-order valence-corrected chi connectivity index (χ2v) is 8.90. The first-order chi connectivity index (χ1) is 15.2. The Morgan fingerprint density at radius 2 is 1.77 bits per heavy atom. The molecule has 1 aliphatic carbocycles. The second-order valence-electron chi connectivity index (χ2n) is 8.90. The number of hydrogen-bond donors (Lipinski definition) is 1. The summed E-state index contributed by atoms with van der Waals surface area (Å²) in [4.78, 5) is 18.1. The normalized spacial score (nSPS) is 22.4. The van der Waals surface area contributed by atoms with Crippen LogP contribution in [0.4, 0.5) is 11.4 Å². The van der Waals surface area contributed by atoms with E-state index in [0.717, 1.165) is 44.1 Å². The summed E-state index contributed by atoms with van der Waals surface area (Å²) in [6.07, 6.45) is 3.26. The molecule has 1 amide bonds. The average Bonchev–Trinajstić information content (AvgIpc) is 3.66. The molecular formula is C25H31N3O3. The lowest BCUT2D eigenvalue weighted by Gasteiger charge is -2.49. The Bertz CT molecular complexity index is 942. The topological polar surface area (TPSA) is 54.0 Å². The Labute approximate surface area is 184 Å². The number of benzene rings is 2. The summed E-state index contributed by atoms with van der Waals surface area (Å²) in [5, 5.41) is 3.25. The maximum atomic E-state index is 13.2. The number of fused-ring (bicyclic) bond motifs is 3. The summed E-state index contributed by atoms with van der Waals surface area (Å²) >= 11 is 0. The van der Waals surface area contributed by atoms with Crippen LogP contribution in [0, 0.1) is 11.8 Å². The third-order valence-electron chi connectivity index (χ3n) is 6.96. The number of methoxy groups -OCH3 is 2. The van der Waals surface area contributed by atoms with E-state index >= 15 is 0 Å². The van der Waals surface area contributed by atoms with Crippen molar-refractivity contribution in [2.45, 2.75) is 25.3 Å². The van der Waals surface area contributed by atoms with Crippen LogP contribution in [0.15, 0.2) is 42.5 Å². The minimum atomic E-state index is -0.0549. The maximum absolute atomic E-state index is 13.2. The number of nitrogens with zero attached hydrogens (tertiary/aromatic N) is 2. The van der Waals surface area contributed by atoms with Gasteiger partial charge >= 0.3 is 0 Å². The molecule has 2 heterocycles. The van der Waals surface area contributed by atoms with Crippen molar-refractivity contribution >= 4 is 17.3 Å². The lowest BCUT2D eigenvalue weighted by molar-refractivity contribution is -0.125. The smallest absolute Gasteiger partial charge is 0.225 e. The van der Waals surface area contributed by atoms with Crippen LogP contribution in [0.25, 0.3) is 0 Å². The molecule has 0 bridgehead atoms. The van der Waals surface area contributed by atoms with Gasteiger partial charge in [-0.15, -0.1) is 0 Å². The van der Waals surface area contributed by atoms with Crippen LogP contribution in [-0.4, -0.2) is 52.3 Å². The SMILES string of the molecule is COc1ccc(N2CCN3c4cc(OC)ccc4C[C@@H](C(=O)NCC4CC4)[C@H]3C2)cc1. The molecule has 1 saturated heterocycles. The van der Waals surface area contributed by atoms with Gasteiger partial charge < -0.3 is 24.6 Å². The van der Waals surface area contributed by atoms with Gasteiger partial charge in [0.15, 0.2) is 0 Å². The summed E-state index contributed by atoms with van der Waals surface area (Å²) in [5.41, 5.74) is 3.63. The molecule has 2 fully saturated rings. The third kappa shape index (κ3) is 4.03. The highest BCUT2D eigenvalue weighted by Gasteiger charge is 2.42. The zero-order chi connectivity index (χ0) is 21.4. The van der Waals surface area contributed by atoms with Crippen LogP contribution in [-0.2, 0) is 11.2 Å². The van der Waals surface area contributed by atoms with Gasteiger partial charge in [-0.25, -0.2) is 0 Å². The molecule has 1 saturated carbocycles. The molecule has 31 heavy (non-hydrogen) atoms. The third-order valence-corrected chi connectivity index (χ3v) is 6.96. The van der Waals surface area contributed by atoms with E-state index in [2.05, 4.69) is 39.4 Å². The minimum Gasteiger partial charge on any atom is -0.497 e. The number of rotatable bonds is 6. The van der Waals surface area contributed by atoms with Crippen LogP contribution in [0.2, 0.25) is 0 Å². The quantitative estimate of drug-likeness (QED) is 0.777. The number of amides is 1. The number of piperazine rings is 1. The monoisotopic (exact) mass is 421 g/mol. The molecule has 3 aliphatic rings. The van der Waals surface area contributed by atoms with Gasteiger partial charge in [0.2, 0.25) is 5.91 Å². The number of anilines is 2. The fourth-order valence-electron chi connectivity index (χ4n) is 4.93. The fourth-order valence-corrected chi connectivity index (χ4v) is 4.93. The fraction of sp³-hybridized carbons (Fsp3) is 0.480. The lowest BCUT2D eigenvalue weighted by Crippen LogP contribution is -2.61. The molecular weight excluding hydrogens is 390 g/mol. The van der Waals surface area contributed by atoms with Crippen molar-refractivity contribution in [1.82, 2.24) is 5.32 Å². The van der Waals surface area contributed by atoms with E-state index in [1.54, 1.807) is 14.2 Å². The summed E-state index contributed by atoms with van der Waals surface area (Å²) in [7, 11) is 3.39. The predicted molar refractivity (Wildman–Crippen MR) is 122 cm³/mol. The summed E-state index contributed by atoms with van der Waals surface area (Å²) in [6, 6.07) is 14.6. The highest BCUT2D eigenvalue weighted by molar-refractivity contribution is 5.82. The van der Waals surface area contributed by atoms with Gasteiger partial charge in [-0.2, -0.15) is 0 Å². The van der Waals surface area contributed by atoms with Crippen molar-refractivity contribution in [3.63, 3.8) is 0 Å². The van der Waals surface area contributed by atoms with Crippen molar-refractivity contribution in [3.8, 4) is 11.5 Å². The molecule has 5 rings (SSSR count). The van der Waals surface area contributed by atoms with Crippen molar-refractivity contribution in [2.75, 3.05) is 50.2 Å². The molecule has 1 N–H and O–H groups in total. The van der Waals surface area contributed by atoms with Gasteiger partial charge in [0.05, 0.1) is 26.2 Å². The van der Waals surface area contributed by atoms with Crippen LogP contribution in [0.3, 0.4) is 0 Å². The molecule has 2 atom stereocenters. The minimum absolute atomic E-state index is 0.0549. The van der Waals surface area contributed by atoms with Crippen molar-refractivity contribution < 1.29 is 14.3 Å². The van der Waals surface area contributed by atoms with Crippen molar-refractivity contribution in [3.05, 3.63) is 48.0 Å². The van der Waals surface area contributed by atoms with E-state index in [4.69, 9.17) is 9.47 Å². The molecule has 2 aromatic carbocycles. The van der Waals surface area contributed by atoms with Gasteiger partial charge in [0.1, 0.15) is 11.5 Å². The largest absolute Gasteiger partial charge is 0.497 e. The van der Waals surface area contributed by atoms with Crippen molar-refractivity contribution in [1.29, 1.82) is 0 Å². The van der Waals surface area contributed by atoms with Crippen LogP contribution < -0.4 is 24.6 Å². The van der Waals surface area contributed by atoms with Gasteiger partial charge in [0, 0.05) is 43.6 Å². The first-order valence-electron chi connectivity index (χ1n) is 11.3. The molecule has 2 aliphatic heterocycles. The highest BCUT2D eigenvalue weighted by Crippen LogP contribution is 2.39. The Morgan fingerprint density at radius 3 is 2.48 bits per heavy atom. The van der Waals surface area contributed by atoms with Gasteiger partial charge in [-0.3, -0.25) is 4.79 Å². The number of carbonyl (C=O) groups excluding carboxylic acids is 1. The van der Waals surface area contributed by atoms with E-state index in [0.29, 0.717) is 5.92 Å². The maximum Gasteiger partial charge on any atom is 0.225 e. The standard InChI is InChI=1S/C25H31N3O3/c1-30-20-9-6-19(7-10-20)27-11-12-28-23-14-21(31-2)8-5-18(23)13-22(24(28)16-27)25(29)26-15-17-3-4-17/h5-10,14,17,22,24H,3-4,11-13,15-16H2,1-2H3,(H,26,29)/t22-,24-/m1/s1. The summed E-state index contributed by atoms with van der Waals surface area (Å²) < 4.78 is 10.8. The molecule has 0 radical (unpaired) electrons. The zero-order valence-electron chi connectivity index (χ0n) is 18.3. The molecule has 6 heteroatoms. The van der Waals surface area contributed by atoms with E-state index in [-0.39, 0.29) is 17.9 Å². The first-order valence-corrected chi connectivity index (χ1v) is 11.3. The zero-order valence-corrected chi connectivity index (χ0v) is 18.3. The molecule has 0 aromatic heterocycles. The number of nitrogens with one attached hydrogen (secondary N) is 1. The Balaban J connectivity index is 1.42. The molecule has 2 aromatic rings. The van der Waals surface area contributed by atoms with Crippen LogP contribution >= 0.6 is 0 Å². The number of hydrogen-bond acceptors (Lipinski definition) is 5. The Morgan fingerprint density at radius 1 is 1.03 bits per heavy atom. The van der Waals surface area contributed by atoms with Crippen molar-refractivity contribution in [2.24, 2.45) is 11.8 Å². The van der Waals surface area contributed by atoms with Gasteiger partial charge in [0.25, 0.3) is 0 Å². The molecule has 0 unspecified atom stereocenters.